The summed E-state index contributed by atoms with van der Waals surface area (Å²) < 4.78 is 2.26. The number of nitrogens with zero attached hydrogens (tertiary/aromatic N) is 4. The first kappa shape index (κ1) is 16.0. The zero-order chi connectivity index (χ0) is 16.4. The van der Waals surface area contributed by atoms with Crippen molar-refractivity contribution in [1.82, 2.24) is 19.8 Å². The lowest BCUT2D eigenvalue weighted by Crippen LogP contribution is -2.33. The van der Waals surface area contributed by atoms with Gasteiger partial charge in [-0.15, -0.1) is 10.2 Å². The monoisotopic (exact) mass is 395 g/mol. The quantitative estimate of drug-likeness (QED) is 0.624. The van der Waals surface area contributed by atoms with Gasteiger partial charge in [-0.2, -0.15) is 0 Å². The Hall–Kier alpha value is -1.87. The van der Waals surface area contributed by atoms with Crippen LogP contribution in [0.5, 0.6) is 0 Å². The molecule has 1 aliphatic heterocycles. The molecular weight excluding hydrogens is 382 g/mol. The molecular formula is C14H14BrN5O2S. The number of amides is 2. The van der Waals surface area contributed by atoms with Crippen molar-refractivity contribution in [3.8, 4) is 11.4 Å². The van der Waals surface area contributed by atoms with E-state index in [1.54, 1.807) is 0 Å². The van der Waals surface area contributed by atoms with Crippen LogP contribution in [0.4, 0.5) is 0 Å². The molecule has 23 heavy (non-hydrogen) atoms. The van der Waals surface area contributed by atoms with Crippen LogP contribution in [0, 0.1) is 0 Å². The summed E-state index contributed by atoms with van der Waals surface area (Å²) in [6.07, 6.45) is 1.17. The standard InChI is InChI=1S/C14H14BrN5O2S/c15-10-4-1-3-9(7-10)13-17-18-14(20(13)16)23-8-12(22)19-6-2-5-11(19)21/h1,3-4,7H,2,5-6,8,16H2. The third-order valence-corrected chi connectivity index (χ3v) is 4.87. The molecule has 0 aliphatic carbocycles. The molecule has 1 saturated heterocycles. The lowest BCUT2D eigenvalue weighted by molar-refractivity contribution is -0.140. The van der Waals surface area contributed by atoms with E-state index < -0.39 is 0 Å². The minimum absolute atomic E-state index is 0.111. The lowest BCUT2D eigenvalue weighted by Gasteiger charge is -2.12. The van der Waals surface area contributed by atoms with E-state index in [1.165, 1.54) is 21.3 Å². The van der Waals surface area contributed by atoms with Gasteiger partial charge in [-0.25, -0.2) is 4.68 Å². The summed E-state index contributed by atoms with van der Waals surface area (Å²) >= 11 is 4.57. The first-order chi connectivity index (χ1) is 11.1. The molecule has 1 aromatic carbocycles. The molecule has 3 rings (SSSR count). The van der Waals surface area contributed by atoms with E-state index in [0.717, 1.165) is 16.5 Å². The Morgan fingerprint density at radius 2 is 2.22 bits per heavy atom. The number of benzene rings is 1. The topological polar surface area (TPSA) is 94.1 Å². The minimum atomic E-state index is -0.218. The van der Waals surface area contributed by atoms with Crippen LogP contribution in [0.2, 0.25) is 0 Å². The number of halogens is 1. The summed E-state index contributed by atoms with van der Waals surface area (Å²) in [4.78, 5) is 24.9. The molecule has 120 valence electrons. The molecule has 0 atom stereocenters. The van der Waals surface area contributed by atoms with E-state index in [9.17, 15) is 9.59 Å². The van der Waals surface area contributed by atoms with Gasteiger partial charge in [-0.1, -0.05) is 39.8 Å². The highest BCUT2D eigenvalue weighted by Crippen LogP contribution is 2.24. The second-order valence-corrected chi connectivity index (χ2v) is 6.88. The number of likely N-dealkylation sites (tertiary alicyclic amines) is 1. The summed E-state index contributed by atoms with van der Waals surface area (Å²) in [6, 6.07) is 7.54. The first-order valence-electron chi connectivity index (χ1n) is 6.98. The molecule has 0 unspecified atom stereocenters. The van der Waals surface area contributed by atoms with E-state index in [4.69, 9.17) is 5.84 Å². The number of hydrogen-bond acceptors (Lipinski definition) is 6. The van der Waals surface area contributed by atoms with Gasteiger partial charge in [0.25, 0.3) is 0 Å². The van der Waals surface area contributed by atoms with Crippen LogP contribution in [0.25, 0.3) is 11.4 Å². The van der Waals surface area contributed by atoms with Crippen molar-refractivity contribution in [2.45, 2.75) is 18.0 Å². The summed E-state index contributed by atoms with van der Waals surface area (Å²) in [5, 5.41) is 8.52. The average Bonchev–Trinajstić information content (AvgIpc) is 3.11. The van der Waals surface area contributed by atoms with Gasteiger partial charge in [0.05, 0.1) is 5.75 Å². The first-order valence-corrected chi connectivity index (χ1v) is 8.76. The number of hydrogen-bond donors (Lipinski definition) is 1. The Labute approximate surface area is 145 Å². The van der Waals surface area contributed by atoms with Crippen molar-refractivity contribution in [2.24, 2.45) is 0 Å². The average molecular weight is 396 g/mol. The van der Waals surface area contributed by atoms with Crippen LogP contribution < -0.4 is 5.84 Å². The van der Waals surface area contributed by atoms with E-state index in [-0.39, 0.29) is 17.6 Å². The van der Waals surface area contributed by atoms with Gasteiger partial charge < -0.3 is 5.84 Å². The molecule has 2 amide bonds. The fourth-order valence-corrected chi connectivity index (χ4v) is 3.45. The summed E-state index contributed by atoms with van der Waals surface area (Å²) in [6.45, 7) is 0.497. The number of nitrogen functional groups attached to an aromatic ring is 1. The fraction of sp³-hybridized carbons (Fsp3) is 0.286. The predicted molar refractivity (Wildman–Crippen MR) is 90.0 cm³/mol. The van der Waals surface area contributed by atoms with Crippen LogP contribution in [0.1, 0.15) is 12.8 Å². The van der Waals surface area contributed by atoms with E-state index in [2.05, 4.69) is 26.1 Å². The van der Waals surface area contributed by atoms with Gasteiger partial charge in [0.15, 0.2) is 5.82 Å². The molecule has 0 radical (unpaired) electrons. The highest BCUT2D eigenvalue weighted by molar-refractivity contribution is 9.10. The van der Waals surface area contributed by atoms with Crippen LogP contribution in [0.15, 0.2) is 33.9 Å². The Kier molecular flexibility index (Phi) is 4.67. The van der Waals surface area contributed by atoms with Crippen molar-refractivity contribution >= 4 is 39.5 Å². The van der Waals surface area contributed by atoms with E-state index >= 15 is 0 Å². The number of rotatable bonds is 4. The number of aromatic nitrogens is 3. The zero-order valence-electron chi connectivity index (χ0n) is 12.1. The van der Waals surface area contributed by atoms with Crippen LogP contribution in [-0.4, -0.2) is 43.9 Å². The molecule has 2 N–H and O–H groups in total. The smallest absolute Gasteiger partial charge is 0.239 e. The Balaban J connectivity index is 1.70. The highest BCUT2D eigenvalue weighted by atomic mass is 79.9. The molecule has 1 aromatic heterocycles. The summed E-state index contributed by atoms with van der Waals surface area (Å²) in [5.74, 6) is 6.31. The van der Waals surface area contributed by atoms with Gasteiger partial charge in [-0.3, -0.25) is 14.5 Å². The van der Waals surface area contributed by atoms with Crippen LogP contribution in [0.3, 0.4) is 0 Å². The maximum atomic E-state index is 12.0. The van der Waals surface area contributed by atoms with Crippen molar-refractivity contribution in [2.75, 3.05) is 18.1 Å². The van der Waals surface area contributed by atoms with Gasteiger partial charge >= 0.3 is 0 Å². The van der Waals surface area contributed by atoms with Crippen molar-refractivity contribution in [3.05, 3.63) is 28.7 Å². The number of carbonyl (C=O) groups excluding carboxylic acids is 2. The van der Waals surface area contributed by atoms with Crippen LogP contribution >= 0.6 is 27.7 Å². The van der Waals surface area contributed by atoms with Gasteiger partial charge in [-0.05, 0) is 18.6 Å². The number of thioether (sulfide) groups is 1. The summed E-state index contributed by atoms with van der Waals surface area (Å²) in [7, 11) is 0. The minimum Gasteiger partial charge on any atom is -0.335 e. The molecule has 1 aliphatic rings. The third-order valence-electron chi connectivity index (χ3n) is 3.45. The Bertz CT molecular complexity index is 763. The Morgan fingerprint density at radius 1 is 1.39 bits per heavy atom. The normalized spacial score (nSPS) is 14.5. The largest absolute Gasteiger partial charge is 0.335 e. The van der Waals surface area contributed by atoms with E-state index in [1.807, 2.05) is 24.3 Å². The number of nitrogens with two attached hydrogens (primary N) is 1. The zero-order valence-corrected chi connectivity index (χ0v) is 14.5. The van der Waals surface area contributed by atoms with Crippen molar-refractivity contribution < 1.29 is 9.59 Å². The molecule has 0 bridgehead atoms. The molecule has 1 fully saturated rings. The van der Waals surface area contributed by atoms with Crippen molar-refractivity contribution in [1.29, 1.82) is 0 Å². The highest BCUT2D eigenvalue weighted by Gasteiger charge is 2.26. The number of imide groups is 1. The molecule has 2 heterocycles. The third kappa shape index (κ3) is 3.40. The van der Waals surface area contributed by atoms with Gasteiger partial charge in [0, 0.05) is 23.0 Å². The molecule has 9 heteroatoms. The second-order valence-electron chi connectivity index (χ2n) is 5.02. The Morgan fingerprint density at radius 3 is 2.91 bits per heavy atom. The maximum Gasteiger partial charge on any atom is 0.239 e. The van der Waals surface area contributed by atoms with Gasteiger partial charge in [0.1, 0.15) is 0 Å². The molecule has 0 spiro atoms. The number of carbonyl (C=O) groups is 2. The molecule has 0 saturated carbocycles. The van der Waals surface area contributed by atoms with Crippen molar-refractivity contribution in [3.63, 3.8) is 0 Å². The second kappa shape index (κ2) is 6.71. The van der Waals surface area contributed by atoms with Gasteiger partial charge in [0.2, 0.25) is 17.0 Å². The fourth-order valence-electron chi connectivity index (χ4n) is 2.32. The summed E-state index contributed by atoms with van der Waals surface area (Å²) in [5.41, 5.74) is 0.822. The molecule has 7 nitrogen and oxygen atoms in total. The SMILES string of the molecule is Nn1c(SCC(=O)N2CCCC2=O)nnc1-c1cccc(Br)c1. The lowest BCUT2D eigenvalue weighted by atomic mass is 10.2. The maximum absolute atomic E-state index is 12.0. The predicted octanol–water partition coefficient (Wildman–Crippen LogP) is 1.66. The van der Waals surface area contributed by atoms with Crippen LogP contribution in [-0.2, 0) is 9.59 Å². The molecule has 2 aromatic rings. The van der Waals surface area contributed by atoms with E-state index in [0.29, 0.717) is 23.9 Å².